The van der Waals surface area contributed by atoms with Gasteiger partial charge >= 0.3 is 0 Å². The van der Waals surface area contributed by atoms with Crippen LogP contribution in [0.3, 0.4) is 0 Å². The maximum atomic E-state index is 12.7. The van der Waals surface area contributed by atoms with E-state index in [1.165, 1.54) is 32.3 Å². The van der Waals surface area contributed by atoms with Crippen molar-refractivity contribution in [3.63, 3.8) is 0 Å². The third kappa shape index (κ3) is 4.79. The zero-order chi connectivity index (χ0) is 23.5. The molecule has 1 saturated heterocycles. The minimum absolute atomic E-state index is 0.125. The van der Waals surface area contributed by atoms with Gasteiger partial charge in [0.1, 0.15) is 0 Å². The van der Waals surface area contributed by atoms with Crippen molar-refractivity contribution in [3.05, 3.63) is 82.9 Å². The van der Waals surface area contributed by atoms with Crippen LogP contribution in [0.4, 0.5) is 0 Å². The second kappa shape index (κ2) is 9.84. The highest BCUT2D eigenvalue weighted by Gasteiger charge is 2.40. The molecule has 0 aromatic heterocycles. The summed E-state index contributed by atoms with van der Waals surface area (Å²) < 4.78 is 28.4. The number of hydrogen-bond donors (Lipinski definition) is 1. The molecule has 1 aliphatic heterocycles. The van der Waals surface area contributed by atoms with Gasteiger partial charge in [-0.25, -0.2) is 0 Å². The molecule has 0 radical (unpaired) electrons. The Morgan fingerprint density at radius 2 is 1.67 bits per heavy atom. The summed E-state index contributed by atoms with van der Waals surface area (Å²) in [5, 5.41) is 3.87. The molecule has 1 aliphatic carbocycles. The Labute approximate surface area is 199 Å². The Balaban J connectivity index is 1.64. The maximum Gasteiger partial charge on any atom is 0.281 e. The summed E-state index contributed by atoms with van der Waals surface area (Å²) in [6.07, 6.45) is 7.98. The molecule has 2 aliphatic rings. The van der Waals surface area contributed by atoms with E-state index < -0.39 is 10.2 Å². The number of piperidine rings is 1. The average molecular weight is 466 g/mol. The van der Waals surface area contributed by atoms with Crippen LogP contribution in [0.1, 0.15) is 49.3 Å². The van der Waals surface area contributed by atoms with Crippen LogP contribution in [0, 0.1) is 0 Å². The number of allylic oxidation sites excluding steroid dienone is 2. The highest BCUT2D eigenvalue weighted by Crippen LogP contribution is 2.37. The summed E-state index contributed by atoms with van der Waals surface area (Å²) in [6.45, 7) is 4.04. The number of rotatable bonds is 7. The highest BCUT2D eigenvalue weighted by atomic mass is 32.2. The first-order valence-corrected chi connectivity index (χ1v) is 13.2. The van der Waals surface area contributed by atoms with Crippen molar-refractivity contribution >= 4 is 22.0 Å². The fourth-order valence-electron chi connectivity index (χ4n) is 5.02. The summed E-state index contributed by atoms with van der Waals surface area (Å²) in [5.41, 5.74) is 6.28. The SMILES string of the molecule is CCC1=C(NCC2(c3ccccc3)CCN(S(=O)(=O)N(C)C)CC2)c2ccccc2C=CC1. The summed E-state index contributed by atoms with van der Waals surface area (Å²) in [6, 6.07) is 19.2. The number of fused-ring (bicyclic) bond motifs is 1. The number of nitrogens with zero attached hydrogens (tertiary/aromatic N) is 2. The molecule has 0 unspecified atom stereocenters. The standard InChI is InChI=1S/C27H35N3O2S/c1-4-22-12-10-13-23-11-8-9-16-25(23)26(22)28-21-27(24-14-6-5-7-15-24)17-19-30(20-18-27)33(31,32)29(2)3/h5-11,13-16,28H,4,12,17-21H2,1-3H3. The monoisotopic (exact) mass is 465 g/mol. The van der Waals surface area contributed by atoms with Crippen molar-refractivity contribution in [2.75, 3.05) is 33.7 Å². The van der Waals surface area contributed by atoms with Gasteiger partial charge in [0.05, 0.1) is 0 Å². The van der Waals surface area contributed by atoms with Gasteiger partial charge in [0.2, 0.25) is 0 Å². The molecule has 5 nitrogen and oxygen atoms in total. The largest absolute Gasteiger partial charge is 0.384 e. The summed E-state index contributed by atoms with van der Waals surface area (Å²) in [5.74, 6) is 0. The van der Waals surface area contributed by atoms with Crippen molar-refractivity contribution in [3.8, 4) is 0 Å². The first-order valence-electron chi connectivity index (χ1n) is 11.8. The normalized spacial score (nSPS) is 18.8. The van der Waals surface area contributed by atoms with E-state index in [1.54, 1.807) is 18.4 Å². The fourth-order valence-corrected chi connectivity index (χ4v) is 6.13. The van der Waals surface area contributed by atoms with Crippen molar-refractivity contribution < 1.29 is 8.42 Å². The van der Waals surface area contributed by atoms with Crippen molar-refractivity contribution in [2.24, 2.45) is 0 Å². The lowest BCUT2D eigenvalue weighted by Crippen LogP contribution is -2.51. The van der Waals surface area contributed by atoms with Gasteiger partial charge in [0.25, 0.3) is 10.2 Å². The summed E-state index contributed by atoms with van der Waals surface area (Å²) in [4.78, 5) is 0. The molecular formula is C27H35N3O2S. The van der Waals surface area contributed by atoms with E-state index in [0.29, 0.717) is 13.1 Å². The third-order valence-corrected chi connectivity index (χ3v) is 9.07. The van der Waals surface area contributed by atoms with Crippen molar-refractivity contribution in [1.29, 1.82) is 0 Å². The second-order valence-corrected chi connectivity index (χ2v) is 11.4. The zero-order valence-electron chi connectivity index (χ0n) is 19.9. The Morgan fingerprint density at radius 3 is 2.33 bits per heavy atom. The molecule has 0 amide bonds. The predicted octanol–water partition coefficient (Wildman–Crippen LogP) is 4.65. The predicted molar refractivity (Wildman–Crippen MR) is 137 cm³/mol. The topological polar surface area (TPSA) is 52.7 Å². The van der Waals surface area contributed by atoms with E-state index in [9.17, 15) is 8.42 Å². The smallest absolute Gasteiger partial charge is 0.281 e. The fraction of sp³-hybridized carbons (Fsp3) is 0.407. The van der Waals surface area contributed by atoms with E-state index in [2.05, 4.69) is 72.9 Å². The van der Waals surface area contributed by atoms with E-state index in [-0.39, 0.29) is 5.41 Å². The lowest BCUT2D eigenvalue weighted by molar-refractivity contribution is 0.224. The molecule has 2 aromatic rings. The van der Waals surface area contributed by atoms with Gasteiger partial charge in [-0.3, -0.25) is 0 Å². The zero-order valence-corrected chi connectivity index (χ0v) is 20.7. The molecule has 6 heteroatoms. The van der Waals surface area contributed by atoms with Gasteiger partial charge in [-0.05, 0) is 42.4 Å². The molecule has 2 aromatic carbocycles. The lowest BCUT2D eigenvalue weighted by atomic mass is 9.73. The molecule has 1 N–H and O–H groups in total. The third-order valence-electron chi connectivity index (χ3n) is 7.13. The van der Waals surface area contributed by atoms with Gasteiger partial charge in [0.15, 0.2) is 0 Å². The van der Waals surface area contributed by atoms with Crippen molar-refractivity contribution in [2.45, 2.75) is 38.0 Å². The van der Waals surface area contributed by atoms with Crippen LogP contribution in [0.5, 0.6) is 0 Å². The Bertz CT molecular complexity index is 1130. The molecule has 1 fully saturated rings. The molecule has 0 saturated carbocycles. The molecule has 0 bridgehead atoms. The van der Waals surface area contributed by atoms with Crippen LogP contribution in [0.15, 0.2) is 66.2 Å². The van der Waals surface area contributed by atoms with Crippen LogP contribution >= 0.6 is 0 Å². The summed E-state index contributed by atoms with van der Waals surface area (Å²) in [7, 11) is -0.190. The van der Waals surface area contributed by atoms with Gasteiger partial charge in [0, 0.05) is 50.4 Å². The molecule has 0 spiro atoms. The van der Waals surface area contributed by atoms with E-state index in [0.717, 1.165) is 32.2 Å². The van der Waals surface area contributed by atoms with E-state index in [1.807, 2.05) is 6.07 Å². The molecule has 176 valence electrons. The maximum absolute atomic E-state index is 12.7. The number of hydrogen-bond acceptors (Lipinski definition) is 3. The van der Waals surface area contributed by atoms with Crippen LogP contribution < -0.4 is 5.32 Å². The van der Waals surface area contributed by atoms with Gasteiger partial charge in [-0.2, -0.15) is 17.0 Å². The first kappa shape index (κ1) is 23.7. The minimum atomic E-state index is -3.40. The minimum Gasteiger partial charge on any atom is -0.384 e. The number of benzene rings is 2. The van der Waals surface area contributed by atoms with Crippen LogP contribution in [-0.2, 0) is 15.6 Å². The molecule has 0 atom stereocenters. The van der Waals surface area contributed by atoms with Gasteiger partial charge in [-0.1, -0.05) is 73.7 Å². The summed E-state index contributed by atoms with van der Waals surface area (Å²) >= 11 is 0. The van der Waals surface area contributed by atoms with Crippen LogP contribution in [-0.4, -0.2) is 50.8 Å². The Hall–Kier alpha value is -2.41. The first-order chi connectivity index (χ1) is 15.9. The average Bonchev–Trinajstić information content (AvgIpc) is 3.02. The van der Waals surface area contributed by atoms with Gasteiger partial charge in [-0.15, -0.1) is 0 Å². The van der Waals surface area contributed by atoms with E-state index in [4.69, 9.17) is 0 Å². The molecule has 33 heavy (non-hydrogen) atoms. The molecule has 1 heterocycles. The van der Waals surface area contributed by atoms with Crippen LogP contribution in [0.25, 0.3) is 11.8 Å². The van der Waals surface area contributed by atoms with Crippen LogP contribution in [0.2, 0.25) is 0 Å². The van der Waals surface area contributed by atoms with E-state index >= 15 is 0 Å². The van der Waals surface area contributed by atoms with Crippen molar-refractivity contribution in [1.82, 2.24) is 13.9 Å². The molecule has 4 rings (SSSR count). The highest BCUT2D eigenvalue weighted by molar-refractivity contribution is 7.86. The number of nitrogens with one attached hydrogen (secondary N) is 1. The quantitative estimate of drug-likeness (QED) is 0.647. The molecular weight excluding hydrogens is 430 g/mol. The van der Waals surface area contributed by atoms with Gasteiger partial charge < -0.3 is 5.32 Å². The Kier molecular flexibility index (Phi) is 7.07. The lowest BCUT2D eigenvalue weighted by Gasteiger charge is -2.43. The second-order valence-electron chi connectivity index (χ2n) is 9.21. The Morgan fingerprint density at radius 1 is 1.00 bits per heavy atom.